The Morgan fingerprint density at radius 2 is 2.05 bits per heavy atom. The van der Waals surface area contributed by atoms with E-state index < -0.39 is 0 Å². The van der Waals surface area contributed by atoms with Gasteiger partial charge in [0.2, 0.25) is 0 Å². The molecule has 0 aliphatic carbocycles. The first-order valence-electron chi connectivity index (χ1n) is 6.98. The summed E-state index contributed by atoms with van der Waals surface area (Å²) in [5.41, 5.74) is 7.38. The predicted molar refractivity (Wildman–Crippen MR) is 95.1 cm³/mol. The molecule has 0 aliphatic heterocycles. The molecule has 0 aliphatic rings. The van der Waals surface area contributed by atoms with Crippen molar-refractivity contribution >= 4 is 34.2 Å². The third-order valence-electron chi connectivity index (χ3n) is 3.27. The Morgan fingerprint density at radius 1 is 1.38 bits per heavy atom. The molecule has 1 unspecified atom stereocenters. The lowest BCUT2D eigenvalue weighted by Crippen LogP contribution is -2.37. The van der Waals surface area contributed by atoms with Gasteiger partial charge in [-0.05, 0) is 46.1 Å². The van der Waals surface area contributed by atoms with Crippen LogP contribution in [0.15, 0.2) is 6.07 Å². The second-order valence-corrected chi connectivity index (χ2v) is 7.48. The topological polar surface area (TPSA) is 57.4 Å². The van der Waals surface area contributed by atoms with E-state index in [0.29, 0.717) is 24.1 Å². The first-order chi connectivity index (χ1) is 9.75. The molecule has 0 fully saturated rings. The minimum atomic E-state index is 0.0439. The van der Waals surface area contributed by atoms with Crippen molar-refractivity contribution in [2.45, 2.75) is 39.7 Å². The molecule has 4 nitrogen and oxygen atoms in total. The molecule has 1 atom stereocenters. The van der Waals surface area contributed by atoms with E-state index in [1.807, 2.05) is 6.07 Å². The normalized spacial score (nSPS) is 13.3. The van der Waals surface area contributed by atoms with Crippen molar-refractivity contribution in [3.63, 3.8) is 0 Å². The summed E-state index contributed by atoms with van der Waals surface area (Å²) in [5.74, 6) is 0.615. The van der Waals surface area contributed by atoms with Crippen LogP contribution in [0, 0.1) is 9.12 Å². The van der Waals surface area contributed by atoms with Gasteiger partial charge in [-0.1, -0.05) is 32.4 Å². The van der Waals surface area contributed by atoms with Gasteiger partial charge in [0, 0.05) is 26.2 Å². The van der Waals surface area contributed by atoms with Crippen LogP contribution in [0.1, 0.15) is 32.8 Å². The van der Waals surface area contributed by atoms with E-state index in [1.54, 1.807) is 7.11 Å². The van der Waals surface area contributed by atoms with Crippen molar-refractivity contribution in [3.05, 3.63) is 20.5 Å². The number of aromatic nitrogens is 1. The van der Waals surface area contributed by atoms with Gasteiger partial charge >= 0.3 is 0 Å². The molecular weight excluding hydrogens is 403 g/mol. The number of nitrogens with zero attached hydrogens (tertiary/aromatic N) is 1. The highest BCUT2D eigenvalue weighted by atomic mass is 127. The molecule has 0 saturated carbocycles. The molecule has 2 N–H and O–H groups in total. The van der Waals surface area contributed by atoms with Crippen LogP contribution in [0.25, 0.3) is 0 Å². The van der Waals surface area contributed by atoms with E-state index in [-0.39, 0.29) is 11.5 Å². The Labute approximate surface area is 145 Å². The van der Waals surface area contributed by atoms with Crippen molar-refractivity contribution in [2.24, 2.45) is 11.1 Å². The number of ether oxygens (including phenoxy) is 2. The van der Waals surface area contributed by atoms with Gasteiger partial charge in [-0.3, -0.25) is 0 Å². The Kier molecular flexibility index (Phi) is 7.67. The molecule has 0 radical (unpaired) electrons. The van der Waals surface area contributed by atoms with Gasteiger partial charge in [0.05, 0.1) is 6.61 Å². The molecule has 1 heterocycles. The Bertz CT molecular complexity index is 464. The summed E-state index contributed by atoms with van der Waals surface area (Å²) in [6, 6.07) is 2.01. The number of nitrogens with two attached hydrogens (primary N) is 1. The zero-order valence-corrected chi connectivity index (χ0v) is 16.0. The van der Waals surface area contributed by atoms with Crippen molar-refractivity contribution in [2.75, 3.05) is 20.3 Å². The van der Waals surface area contributed by atoms with Crippen molar-refractivity contribution in [1.82, 2.24) is 4.98 Å². The first-order valence-corrected chi connectivity index (χ1v) is 8.43. The van der Waals surface area contributed by atoms with E-state index in [2.05, 4.69) is 48.3 Å². The number of pyridine rings is 1. The summed E-state index contributed by atoms with van der Waals surface area (Å²) in [6.45, 7) is 7.62. The third kappa shape index (κ3) is 6.26. The average Bonchev–Trinajstić information content (AvgIpc) is 2.38. The van der Waals surface area contributed by atoms with Gasteiger partial charge in [-0.2, -0.15) is 0 Å². The highest BCUT2D eigenvalue weighted by Gasteiger charge is 2.22. The maximum absolute atomic E-state index is 6.26. The van der Waals surface area contributed by atoms with Gasteiger partial charge in [0.25, 0.3) is 0 Å². The number of methoxy groups -OCH3 is 1. The van der Waals surface area contributed by atoms with Crippen LogP contribution in [0.4, 0.5) is 0 Å². The summed E-state index contributed by atoms with van der Waals surface area (Å²) in [6.07, 6.45) is 1.57. The maximum Gasteiger partial charge on any atom is 0.172 e. The number of halogens is 2. The number of hydrogen-bond donors (Lipinski definition) is 1. The maximum atomic E-state index is 6.26. The molecule has 1 rings (SSSR count). The molecule has 0 saturated heterocycles. The summed E-state index contributed by atoms with van der Waals surface area (Å²) < 4.78 is 11.6. The SMILES string of the molecule is COCCCOc1cc(CC(N)C(C)(C)C)c(I)nc1Cl. The molecular formula is C15H24ClIN2O2. The zero-order valence-electron chi connectivity index (χ0n) is 13.1. The molecule has 21 heavy (non-hydrogen) atoms. The zero-order chi connectivity index (χ0) is 16.0. The number of rotatable bonds is 7. The van der Waals surface area contributed by atoms with Gasteiger partial charge in [0.15, 0.2) is 10.9 Å². The molecule has 0 spiro atoms. The lowest BCUT2D eigenvalue weighted by atomic mass is 9.84. The van der Waals surface area contributed by atoms with Crippen LogP contribution in [0.3, 0.4) is 0 Å². The largest absolute Gasteiger partial charge is 0.490 e. The Morgan fingerprint density at radius 3 is 2.62 bits per heavy atom. The van der Waals surface area contributed by atoms with Crippen LogP contribution in [0.5, 0.6) is 5.75 Å². The van der Waals surface area contributed by atoms with Crippen molar-refractivity contribution in [1.29, 1.82) is 0 Å². The van der Waals surface area contributed by atoms with E-state index in [4.69, 9.17) is 26.8 Å². The van der Waals surface area contributed by atoms with E-state index >= 15 is 0 Å². The fourth-order valence-corrected chi connectivity index (χ4v) is 2.62. The fraction of sp³-hybridized carbons (Fsp3) is 0.667. The summed E-state index contributed by atoms with van der Waals surface area (Å²) in [5, 5.41) is 0.393. The standard InChI is InChI=1S/C15H24ClIN2O2/c1-15(2,3)12(18)9-10-8-11(13(16)19-14(10)17)21-7-5-6-20-4/h8,12H,5-7,9,18H2,1-4H3. The minimum absolute atomic E-state index is 0.0439. The quantitative estimate of drug-likeness (QED) is 0.411. The van der Waals surface area contributed by atoms with Gasteiger partial charge in [0.1, 0.15) is 3.70 Å². The van der Waals surface area contributed by atoms with Crippen LogP contribution >= 0.6 is 34.2 Å². The number of hydrogen-bond acceptors (Lipinski definition) is 4. The average molecular weight is 427 g/mol. The van der Waals surface area contributed by atoms with Gasteiger partial charge < -0.3 is 15.2 Å². The minimum Gasteiger partial charge on any atom is -0.490 e. The fourth-order valence-electron chi connectivity index (χ4n) is 1.66. The third-order valence-corrected chi connectivity index (χ3v) is 4.48. The second kappa shape index (κ2) is 8.50. The van der Waals surface area contributed by atoms with Crippen LogP contribution < -0.4 is 10.5 Å². The van der Waals surface area contributed by atoms with Gasteiger partial charge in [-0.25, -0.2) is 4.98 Å². The highest BCUT2D eigenvalue weighted by molar-refractivity contribution is 14.1. The van der Waals surface area contributed by atoms with E-state index in [0.717, 1.165) is 22.1 Å². The Balaban J connectivity index is 2.80. The molecule has 0 amide bonds. The summed E-state index contributed by atoms with van der Waals surface area (Å²) in [7, 11) is 1.67. The summed E-state index contributed by atoms with van der Waals surface area (Å²) in [4.78, 5) is 4.35. The van der Waals surface area contributed by atoms with Crippen molar-refractivity contribution < 1.29 is 9.47 Å². The van der Waals surface area contributed by atoms with E-state index in [9.17, 15) is 0 Å². The molecule has 1 aromatic rings. The lowest BCUT2D eigenvalue weighted by Gasteiger charge is -2.27. The molecule has 1 aromatic heterocycles. The van der Waals surface area contributed by atoms with Crippen LogP contribution in [0.2, 0.25) is 5.15 Å². The van der Waals surface area contributed by atoms with Gasteiger partial charge in [-0.15, -0.1) is 0 Å². The monoisotopic (exact) mass is 426 g/mol. The summed E-state index contributed by atoms with van der Waals surface area (Å²) >= 11 is 8.33. The second-order valence-electron chi connectivity index (χ2n) is 6.10. The first kappa shape index (κ1) is 18.9. The predicted octanol–water partition coefficient (Wildman–Crippen LogP) is 3.67. The van der Waals surface area contributed by atoms with Crippen LogP contribution in [-0.2, 0) is 11.2 Å². The Hall–Kier alpha value is -0.110. The molecule has 6 heteroatoms. The lowest BCUT2D eigenvalue weighted by molar-refractivity contribution is 0.172. The van der Waals surface area contributed by atoms with Crippen molar-refractivity contribution in [3.8, 4) is 5.75 Å². The van der Waals surface area contributed by atoms with Crippen LogP contribution in [-0.4, -0.2) is 31.3 Å². The highest BCUT2D eigenvalue weighted by Crippen LogP contribution is 2.29. The molecule has 0 bridgehead atoms. The molecule has 0 aromatic carbocycles. The molecule has 120 valence electrons. The van der Waals surface area contributed by atoms with E-state index in [1.165, 1.54) is 0 Å². The smallest absolute Gasteiger partial charge is 0.172 e.